The number of ether oxygens (including phenoxy) is 1. The molecule has 1 saturated heterocycles. The minimum Gasteiger partial charge on any atom is -0.491 e. The van der Waals surface area contributed by atoms with Gasteiger partial charge in [-0.2, -0.15) is 14.9 Å². The van der Waals surface area contributed by atoms with E-state index in [1.54, 1.807) is 28.3 Å². The molecule has 2 aliphatic rings. The summed E-state index contributed by atoms with van der Waals surface area (Å²) >= 11 is 0. The van der Waals surface area contributed by atoms with Gasteiger partial charge in [0.05, 0.1) is 48.1 Å². The van der Waals surface area contributed by atoms with Gasteiger partial charge in [-0.05, 0) is 30.9 Å². The number of hydrogen-bond donors (Lipinski definition) is 0. The Balaban J connectivity index is 1.62. The maximum absolute atomic E-state index is 15.9. The quantitative estimate of drug-likeness (QED) is 0.328. The highest BCUT2D eigenvalue weighted by molar-refractivity contribution is 5.90. The Labute approximate surface area is 245 Å². The van der Waals surface area contributed by atoms with Gasteiger partial charge in [-0.1, -0.05) is 25.6 Å². The summed E-state index contributed by atoms with van der Waals surface area (Å²) in [4.78, 5) is 43.6. The molecule has 4 bridgehead atoms. The monoisotopic (exact) mass is 584 g/mol. The summed E-state index contributed by atoms with van der Waals surface area (Å²) in [6.45, 7) is 8.56. The van der Waals surface area contributed by atoms with E-state index < -0.39 is 17.5 Å². The highest BCUT2D eigenvalue weighted by Crippen LogP contribution is 2.34. The minimum atomic E-state index is -0.687. The van der Waals surface area contributed by atoms with Crippen LogP contribution in [0.2, 0.25) is 0 Å². The standard InChI is InChI=1S/C29H29FN10O3/c1-4-23(41)38-12-11-37(16-19(38)7-9-31)26-20-14-21(30)28-33-27(20)40(29(42)34-26)25-22(8-10-32-24(25)17(2)3)43-13-5-6-18-15-39(28)36-35-18/h4,8,10,14-15,17,19H,1,5-7,11-13,16H2,2-3H3. The summed E-state index contributed by atoms with van der Waals surface area (Å²) in [6.07, 6.45) is 5.66. The van der Waals surface area contributed by atoms with Gasteiger partial charge in [-0.3, -0.25) is 9.78 Å². The van der Waals surface area contributed by atoms with E-state index in [4.69, 9.17) is 4.74 Å². The van der Waals surface area contributed by atoms with Crippen LogP contribution < -0.4 is 15.3 Å². The first kappa shape index (κ1) is 28.0. The van der Waals surface area contributed by atoms with Gasteiger partial charge in [0, 0.05) is 31.9 Å². The normalized spacial score (nSPS) is 16.6. The number of rotatable bonds is 4. The van der Waals surface area contributed by atoms with Crippen molar-refractivity contribution in [2.45, 2.75) is 45.1 Å². The molecular formula is C29H29FN10O3. The largest absolute Gasteiger partial charge is 0.491 e. The molecular weight excluding hydrogens is 555 g/mol. The molecule has 0 saturated carbocycles. The van der Waals surface area contributed by atoms with Crippen LogP contribution in [0.3, 0.4) is 0 Å². The molecule has 1 amide bonds. The number of pyridine rings is 2. The Kier molecular flexibility index (Phi) is 7.31. The topological polar surface area (TPSA) is 148 Å². The lowest BCUT2D eigenvalue weighted by Crippen LogP contribution is -2.55. The molecule has 220 valence electrons. The molecule has 4 aromatic heterocycles. The molecule has 4 aromatic rings. The number of carbonyl (C=O) groups is 1. The van der Waals surface area contributed by atoms with Gasteiger partial charge in [0.25, 0.3) is 0 Å². The van der Waals surface area contributed by atoms with Gasteiger partial charge in [-0.15, -0.1) is 5.10 Å². The van der Waals surface area contributed by atoms with Crippen molar-refractivity contribution in [3.05, 3.63) is 64.9 Å². The highest BCUT2D eigenvalue weighted by Gasteiger charge is 2.32. The summed E-state index contributed by atoms with van der Waals surface area (Å²) in [5.41, 5.74) is 1.08. The van der Waals surface area contributed by atoms with E-state index >= 15 is 4.39 Å². The second-order valence-electron chi connectivity index (χ2n) is 10.7. The van der Waals surface area contributed by atoms with Crippen LogP contribution in [-0.2, 0) is 11.2 Å². The minimum absolute atomic E-state index is 0.0601. The van der Waals surface area contributed by atoms with Crippen molar-refractivity contribution in [1.29, 1.82) is 5.26 Å². The Bertz CT molecular complexity index is 1840. The molecule has 0 N–H and O–H groups in total. The highest BCUT2D eigenvalue weighted by atomic mass is 19.1. The lowest BCUT2D eigenvalue weighted by molar-refractivity contribution is -0.128. The number of piperazine rings is 1. The number of nitrogens with zero attached hydrogens (tertiary/aromatic N) is 10. The van der Waals surface area contributed by atoms with Gasteiger partial charge in [-0.25, -0.2) is 18.7 Å². The molecule has 6 rings (SSSR count). The van der Waals surface area contributed by atoms with Crippen LogP contribution in [0.5, 0.6) is 5.75 Å². The maximum Gasteiger partial charge on any atom is 0.356 e. The number of amides is 1. The molecule has 1 atom stereocenters. The number of hydrogen-bond acceptors (Lipinski definition) is 10. The number of halogens is 1. The van der Waals surface area contributed by atoms with E-state index in [2.05, 4.69) is 37.9 Å². The Hall–Kier alpha value is -5.19. The van der Waals surface area contributed by atoms with Crippen molar-refractivity contribution in [2.24, 2.45) is 0 Å². The summed E-state index contributed by atoms with van der Waals surface area (Å²) < 4.78 is 24.6. The van der Waals surface area contributed by atoms with Crippen molar-refractivity contribution in [2.75, 3.05) is 31.1 Å². The SMILES string of the molecule is C=CC(=O)N1CCN(c2nc(=O)n3c4nc(c(F)cc24)-n2cc(nn2)CCCOc2ccnc(C(C)C)c2-3)CC1CC#N. The number of aryl methyl sites for hydroxylation is 1. The zero-order chi connectivity index (χ0) is 30.2. The van der Waals surface area contributed by atoms with Gasteiger partial charge in [0.2, 0.25) is 5.91 Å². The van der Waals surface area contributed by atoms with E-state index in [1.807, 2.05) is 13.8 Å². The van der Waals surface area contributed by atoms with Gasteiger partial charge >= 0.3 is 5.69 Å². The number of anilines is 1. The molecule has 2 aliphatic heterocycles. The van der Waals surface area contributed by atoms with Crippen LogP contribution in [0.25, 0.3) is 22.5 Å². The summed E-state index contributed by atoms with van der Waals surface area (Å²) in [7, 11) is 0. The van der Waals surface area contributed by atoms with Crippen molar-refractivity contribution in [3.63, 3.8) is 0 Å². The number of carbonyl (C=O) groups excluding carboxylic acids is 1. The average molecular weight is 585 g/mol. The van der Waals surface area contributed by atoms with Crippen molar-refractivity contribution < 1.29 is 13.9 Å². The number of aromatic nitrogens is 7. The molecule has 14 heteroatoms. The van der Waals surface area contributed by atoms with E-state index in [0.717, 1.165) is 0 Å². The Morgan fingerprint density at radius 1 is 1.30 bits per heavy atom. The van der Waals surface area contributed by atoms with Gasteiger partial charge < -0.3 is 14.5 Å². The lowest BCUT2D eigenvalue weighted by Gasteiger charge is -2.41. The first-order valence-electron chi connectivity index (χ1n) is 14.0. The second-order valence-corrected chi connectivity index (χ2v) is 10.7. The number of nitriles is 1. The lowest BCUT2D eigenvalue weighted by atomic mass is 10.1. The molecule has 13 nitrogen and oxygen atoms in total. The maximum atomic E-state index is 15.9. The second kappa shape index (κ2) is 11.2. The smallest absolute Gasteiger partial charge is 0.356 e. The first-order valence-corrected chi connectivity index (χ1v) is 14.0. The van der Waals surface area contributed by atoms with Crippen LogP contribution in [0.15, 0.2) is 42.0 Å². The summed E-state index contributed by atoms with van der Waals surface area (Å²) in [5.74, 6) is -0.583. The molecule has 0 radical (unpaired) electrons. The molecule has 43 heavy (non-hydrogen) atoms. The van der Waals surface area contributed by atoms with Crippen LogP contribution in [0.1, 0.15) is 44.0 Å². The van der Waals surface area contributed by atoms with Crippen LogP contribution in [0.4, 0.5) is 10.2 Å². The fraction of sp³-hybridized carbons (Fsp3) is 0.379. The van der Waals surface area contributed by atoms with E-state index in [0.29, 0.717) is 48.8 Å². The van der Waals surface area contributed by atoms with E-state index in [1.165, 1.54) is 21.4 Å². The van der Waals surface area contributed by atoms with Crippen molar-refractivity contribution in [1.82, 2.24) is 39.4 Å². The zero-order valence-electron chi connectivity index (χ0n) is 23.8. The zero-order valence-corrected chi connectivity index (χ0v) is 23.8. The van der Waals surface area contributed by atoms with E-state index in [9.17, 15) is 14.9 Å². The number of fused-ring (bicyclic) bond motifs is 6. The van der Waals surface area contributed by atoms with Gasteiger partial charge in [0.15, 0.2) is 17.3 Å². The predicted molar refractivity (Wildman–Crippen MR) is 154 cm³/mol. The van der Waals surface area contributed by atoms with Crippen LogP contribution in [0, 0.1) is 17.1 Å². The molecule has 0 aliphatic carbocycles. The summed E-state index contributed by atoms with van der Waals surface area (Å²) in [6, 6.07) is 4.61. The Morgan fingerprint density at radius 2 is 2.14 bits per heavy atom. The van der Waals surface area contributed by atoms with Crippen molar-refractivity contribution in [3.8, 4) is 23.3 Å². The predicted octanol–water partition coefficient (Wildman–Crippen LogP) is 2.46. The fourth-order valence-corrected chi connectivity index (χ4v) is 5.60. The Morgan fingerprint density at radius 3 is 2.91 bits per heavy atom. The fourth-order valence-electron chi connectivity index (χ4n) is 5.60. The molecule has 0 spiro atoms. The van der Waals surface area contributed by atoms with E-state index in [-0.39, 0.29) is 54.0 Å². The van der Waals surface area contributed by atoms with Crippen LogP contribution >= 0.6 is 0 Å². The van der Waals surface area contributed by atoms with Crippen molar-refractivity contribution >= 4 is 22.8 Å². The summed E-state index contributed by atoms with van der Waals surface area (Å²) in [5, 5.41) is 18.0. The molecule has 6 heterocycles. The third-order valence-electron chi connectivity index (χ3n) is 7.63. The molecule has 1 fully saturated rings. The molecule has 0 aromatic carbocycles. The van der Waals surface area contributed by atoms with Gasteiger partial charge in [0.1, 0.15) is 17.3 Å². The average Bonchev–Trinajstić information content (AvgIpc) is 3.47. The molecule has 1 unspecified atom stereocenters. The third-order valence-corrected chi connectivity index (χ3v) is 7.63. The first-order chi connectivity index (χ1) is 20.8. The van der Waals surface area contributed by atoms with Crippen LogP contribution in [-0.4, -0.2) is 77.6 Å². The third kappa shape index (κ3) is 4.96.